The van der Waals surface area contributed by atoms with Crippen LogP contribution in [0.4, 0.5) is 17.1 Å². The van der Waals surface area contributed by atoms with E-state index < -0.39 is 10.0 Å². The molecule has 1 fully saturated rings. The second kappa shape index (κ2) is 11.6. The summed E-state index contributed by atoms with van der Waals surface area (Å²) in [5.74, 6) is -0.270. The molecule has 0 unspecified atom stereocenters. The van der Waals surface area contributed by atoms with Crippen molar-refractivity contribution in [3.05, 3.63) is 69.8 Å². The van der Waals surface area contributed by atoms with Crippen LogP contribution in [-0.2, 0) is 14.8 Å². The first kappa shape index (κ1) is 26.5. The van der Waals surface area contributed by atoms with Crippen molar-refractivity contribution >= 4 is 56.2 Å². The summed E-state index contributed by atoms with van der Waals surface area (Å²) in [6, 6.07) is 11.7. The highest BCUT2D eigenvalue weighted by Crippen LogP contribution is 2.34. The molecule has 1 aromatic heterocycles. The minimum absolute atomic E-state index is 0.000485. The summed E-state index contributed by atoms with van der Waals surface area (Å²) in [5, 5.41) is 3.23. The van der Waals surface area contributed by atoms with Gasteiger partial charge in [0, 0.05) is 80.7 Å². The van der Waals surface area contributed by atoms with Crippen LogP contribution in [0.5, 0.6) is 0 Å². The molecule has 0 spiro atoms. The summed E-state index contributed by atoms with van der Waals surface area (Å²) in [6.07, 6.45) is 6.23. The third kappa shape index (κ3) is 6.21. The topological polar surface area (TPSA) is 85.8 Å². The van der Waals surface area contributed by atoms with E-state index in [1.807, 2.05) is 48.8 Å². The Balaban J connectivity index is 1.26. The maximum Gasteiger partial charge on any atom is 0.244 e. The number of carbonyl (C=O) groups excluding carboxylic acids is 1. The summed E-state index contributed by atoms with van der Waals surface area (Å²) >= 11 is 12.2. The summed E-state index contributed by atoms with van der Waals surface area (Å²) < 4.78 is 26.8. The average molecular weight is 551 g/mol. The van der Waals surface area contributed by atoms with E-state index in [9.17, 15) is 13.2 Å². The van der Waals surface area contributed by atoms with Crippen molar-refractivity contribution in [3.8, 4) is 0 Å². The highest BCUT2D eigenvalue weighted by Gasteiger charge is 2.29. The maximum absolute atomic E-state index is 12.8. The van der Waals surface area contributed by atoms with E-state index in [-0.39, 0.29) is 28.8 Å². The Morgan fingerprint density at radius 3 is 2.19 bits per heavy atom. The largest absolute Gasteiger partial charge is 0.368 e. The van der Waals surface area contributed by atoms with Crippen LogP contribution in [0.1, 0.15) is 19.3 Å². The van der Waals surface area contributed by atoms with Crippen molar-refractivity contribution in [1.29, 1.82) is 0 Å². The second-order valence-electron chi connectivity index (χ2n) is 8.68. The van der Waals surface area contributed by atoms with Gasteiger partial charge in [-0.1, -0.05) is 29.3 Å². The van der Waals surface area contributed by atoms with E-state index in [1.165, 1.54) is 12.7 Å². The van der Waals surface area contributed by atoms with Gasteiger partial charge >= 0.3 is 0 Å². The smallest absolute Gasteiger partial charge is 0.244 e. The van der Waals surface area contributed by atoms with Crippen LogP contribution in [-0.4, -0.2) is 63.4 Å². The van der Waals surface area contributed by atoms with Gasteiger partial charge in [-0.3, -0.25) is 9.78 Å². The number of pyridine rings is 1. The summed E-state index contributed by atoms with van der Waals surface area (Å²) in [4.78, 5) is 21.2. The quantitative estimate of drug-likeness (QED) is 0.526. The number of carbonyl (C=O) groups is 1. The van der Waals surface area contributed by atoms with E-state index in [0.717, 1.165) is 36.2 Å². The van der Waals surface area contributed by atoms with Crippen molar-refractivity contribution in [2.24, 2.45) is 0 Å². The Hall–Kier alpha value is -2.59. The monoisotopic (exact) mass is 549 g/mol. The Morgan fingerprint density at radius 2 is 1.58 bits per heavy atom. The fourth-order valence-corrected chi connectivity index (χ4v) is 6.26. The van der Waals surface area contributed by atoms with Crippen molar-refractivity contribution in [1.82, 2.24) is 9.29 Å². The van der Waals surface area contributed by atoms with Gasteiger partial charge in [-0.2, -0.15) is 0 Å². The lowest BCUT2D eigenvalue weighted by atomic mass is 10.2. The molecule has 4 rings (SSSR count). The number of nitrogens with zero attached hydrogens (tertiary/aromatic N) is 4. The van der Waals surface area contributed by atoms with Crippen LogP contribution in [0, 0.1) is 0 Å². The zero-order valence-corrected chi connectivity index (χ0v) is 22.4. The first-order valence-electron chi connectivity index (χ1n) is 11.8. The third-order valence-corrected chi connectivity index (χ3v) is 9.26. The number of amides is 1. The van der Waals surface area contributed by atoms with Crippen LogP contribution >= 0.6 is 23.2 Å². The van der Waals surface area contributed by atoms with Crippen LogP contribution in [0.25, 0.3) is 0 Å². The van der Waals surface area contributed by atoms with E-state index in [1.54, 1.807) is 6.08 Å². The Kier molecular flexibility index (Phi) is 8.56. The lowest BCUT2D eigenvalue weighted by Crippen LogP contribution is -2.46. The number of rotatable bonds is 8. The molecule has 0 saturated carbocycles. The molecular weight excluding hydrogens is 521 g/mol. The van der Waals surface area contributed by atoms with E-state index in [2.05, 4.69) is 20.1 Å². The molecule has 2 aromatic rings. The number of aromatic nitrogens is 1. The van der Waals surface area contributed by atoms with E-state index >= 15 is 0 Å². The van der Waals surface area contributed by atoms with Gasteiger partial charge in [-0.05, 0) is 49.2 Å². The number of piperazine rings is 1. The van der Waals surface area contributed by atoms with Gasteiger partial charge in [0.05, 0.1) is 9.94 Å². The number of hydrogen-bond acceptors (Lipinski definition) is 6. The standard InChI is InChI=1S/C25H29Cl2N5O3S/c1-30(36(34,35)23-4-2-3-22(26)25(23)27)14-11-24(33)29-19-5-7-20(8-6-19)31-15-17-32(18-16-31)21-9-12-28-13-10-21/h4-10,12-13H,2-3,11,14-18H2,1H3,(H,29,33). The normalized spacial score (nSPS) is 16.8. The molecule has 0 atom stereocenters. The minimum Gasteiger partial charge on any atom is -0.368 e. The zero-order valence-electron chi connectivity index (χ0n) is 20.0. The van der Waals surface area contributed by atoms with Crippen molar-refractivity contribution in [2.45, 2.75) is 19.3 Å². The summed E-state index contributed by atoms with van der Waals surface area (Å²) in [6.45, 7) is 3.66. The number of hydrogen-bond donors (Lipinski definition) is 1. The molecule has 0 radical (unpaired) electrons. The van der Waals surface area contributed by atoms with Crippen molar-refractivity contribution in [2.75, 3.05) is 54.9 Å². The predicted molar refractivity (Wildman–Crippen MR) is 146 cm³/mol. The van der Waals surface area contributed by atoms with Gasteiger partial charge in [0.2, 0.25) is 15.9 Å². The second-order valence-corrected chi connectivity index (χ2v) is 11.5. The SMILES string of the molecule is CN(CCC(=O)Nc1ccc(N2CCN(c3ccncc3)CC2)cc1)S(=O)(=O)C1=CCCC(Cl)=C1Cl. The van der Waals surface area contributed by atoms with Gasteiger partial charge in [0.15, 0.2) is 0 Å². The number of nitrogens with one attached hydrogen (secondary N) is 1. The lowest BCUT2D eigenvalue weighted by molar-refractivity contribution is -0.116. The molecule has 1 aromatic carbocycles. The highest BCUT2D eigenvalue weighted by atomic mass is 35.5. The van der Waals surface area contributed by atoms with Gasteiger partial charge < -0.3 is 15.1 Å². The fourth-order valence-electron chi connectivity index (χ4n) is 4.19. The van der Waals surface area contributed by atoms with Gasteiger partial charge in [0.25, 0.3) is 0 Å². The van der Waals surface area contributed by atoms with E-state index in [4.69, 9.17) is 23.2 Å². The molecule has 192 valence electrons. The molecule has 1 aliphatic carbocycles. The fraction of sp³-hybridized carbons (Fsp3) is 0.360. The van der Waals surface area contributed by atoms with Crippen molar-refractivity contribution in [3.63, 3.8) is 0 Å². The van der Waals surface area contributed by atoms with Crippen LogP contribution < -0.4 is 15.1 Å². The molecule has 1 saturated heterocycles. The van der Waals surface area contributed by atoms with Crippen LogP contribution in [0.2, 0.25) is 0 Å². The molecule has 1 aliphatic heterocycles. The maximum atomic E-state index is 12.8. The Morgan fingerprint density at radius 1 is 1.00 bits per heavy atom. The van der Waals surface area contributed by atoms with Crippen LogP contribution in [0.15, 0.2) is 69.8 Å². The minimum atomic E-state index is -3.82. The molecule has 1 amide bonds. The molecule has 0 bridgehead atoms. The van der Waals surface area contributed by atoms with Gasteiger partial charge in [-0.25, -0.2) is 12.7 Å². The lowest BCUT2D eigenvalue weighted by Gasteiger charge is -2.37. The molecule has 2 aliphatic rings. The first-order chi connectivity index (χ1) is 17.3. The Labute approximate surface area is 222 Å². The number of sulfonamides is 1. The third-order valence-electron chi connectivity index (χ3n) is 6.31. The number of anilines is 3. The summed E-state index contributed by atoms with van der Waals surface area (Å²) in [7, 11) is -2.39. The highest BCUT2D eigenvalue weighted by molar-refractivity contribution is 7.93. The molecule has 8 nitrogen and oxygen atoms in total. The molecular formula is C25H29Cl2N5O3S. The van der Waals surface area contributed by atoms with Gasteiger partial charge in [-0.15, -0.1) is 0 Å². The molecule has 2 heterocycles. The summed E-state index contributed by atoms with van der Waals surface area (Å²) in [5.41, 5.74) is 2.94. The molecule has 1 N–H and O–H groups in total. The number of halogens is 2. The van der Waals surface area contributed by atoms with E-state index in [0.29, 0.717) is 23.6 Å². The molecule has 11 heteroatoms. The van der Waals surface area contributed by atoms with Gasteiger partial charge in [0.1, 0.15) is 0 Å². The number of benzene rings is 1. The number of allylic oxidation sites excluding steroid dienone is 3. The zero-order chi connectivity index (χ0) is 25.7. The van der Waals surface area contributed by atoms with Crippen molar-refractivity contribution < 1.29 is 13.2 Å². The Bertz CT molecular complexity index is 1240. The average Bonchev–Trinajstić information content (AvgIpc) is 2.90. The molecule has 36 heavy (non-hydrogen) atoms. The first-order valence-corrected chi connectivity index (χ1v) is 14.0. The van der Waals surface area contributed by atoms with Crippen LogP contribution in [0.3, 0.4) is 0 Å². The predicted octanol–water partition coefficient (Wildman–Crippen LogP) is 4.37.